The predicted octanol–water partition coefficient (Wildman–Crippen LogP) is 1.68. The average Bonchev–Trinajstić information content (AvgIpc) is 2.92. The summed E-state index contributed by atoms with van der Waals surface area (Å²) >= 11 is 0. The Kier molecular flexibility index (Phi) is 4.42. The summed E-state index contributed by atoms with van der Waals surface area (Å²) in [6.07, 6.45) is 6.54. The van der Waals surface area contributed by atoms with E-state index in [1.165, 1.54) is 11.8 Å². The molecule has 4 rings (SSSR count). The van der Waals surface area contributed by atoms with Gasteiger partial charge in [0.05, 0.1) is 6.10 Å². The number of carbonyl (C=O) groups excluding carboxylic acids is 1. The van der Waals surface area contributed by atoms with Crippen molar-refractivity contribution >= 4 is 12.0 Å². The molecule has 28 heavy (non-hydrogen) atoms. The summed E-state index contributed by atoms with van der Waals surface area (Å²) in [7, 11) is 0. The van der Waals surface area contributed by atoms with Crippen LogP contribution in [0.5, 0.6) is 0 Å². The van der Waals surface area contributed by atoms with E-state index in [1.54, 1.807) is 0 Å². The largest absolute Gasteiger partial charge is 0.398 e. The van der Waals surface area contributed by atoms with Crippen LogP contribution in [0.25, 0.3) is 0 Å². The summed E-state index contributed by atoms with van der Waals surface area (Å²) in [5, 5.41) is 39.7. The van der Waals surface area contributed by atoms with E-state index in [9.17, 15) is 20.1 Å². The second kappa shape index (κ2) is 6.25. The number of aliphatic hydroxyl groups excluding tert-OH is 2. The predicted molar refractivity (Wildman–Crippen MR) is 106 cm³/mol. The van der Waals surface area contributed by atoms with E-state index >= 15 is 0 Å². The number of hydrogen-bond donors (Lipinski definition) is 5. The monoisotopic (exact) mass is 388 g/mol. The SMILES string of the molecule is CC12CC(C=N)=C(N)C=C1CCC1C2C(O)CC2(C)C1CC[C@]2(O)C(=O)CO. The fourth-order valence-corrected chi connectivity index (χ4v) is 7.45. The van der Waals surface area contributed by atoms with E-state index in [-0.39, 0.29) is 23.2 Å². The van der Waals surface area contributed by atoms with Gasteiger partial charge < -0.3 is 26.5 Å². The molecule has 0 aromatic heterocycles. The van der Waals surface area contributed by atoms with Gasteiger partial charge >= 0.3 is 0 Å². The van der Waals surface area contributed by atoms with Crippen LogP contribution in [0.4, 0.5) is 0 Å². The van der Waals surface area contributed by atoms with Gasteiger partial charge in [0.25, 0.3) is 0 Å². The van der Waals surface area contributed by atoms with E-state index in [0.717, 1.165) is 24.8 Å². The minimum Gasteiger partial charge on any atom is -0.398 e. The topological polar surface area (TPSA) is 128 Å². The first-order valence-electron chi connectivity index (χ1n) is 10.4. The van der Waals surface area contributed by atoms with Crippen LogP contribution in [-0.4, -0.2) is 45.6 Å². The Balaban J connectivity index is 1.74. The molecule has 4 aliphatic rings. The van der Waals surface area contributed by atoms with Crippen LogP contribution in [0.2, 0.25) is 0 Å². The molecule has 0 saturated heterocycles. The number of rotatable bonds is 3. The highest BCUT2D eigenvalue weighted by molar-refractivity contribution is 5.89. The third-order valence-corrected chi connectivity index (χ3v) is 8.86. The second-order valence-corrected chi connectivity index (χ2v) is 9.89. The van der Waals surface area contributed by atoms with Crippen molar-refractivity contribution in [2.75, 3.05) is 6.61 Å². The van der Waals surface area contributed by atoms with Gasteiger partial charge in [0.15, 0.2) is 5.78 Å². The Bertz CT molecular complexity index is 789. The van der Waals surface area contributed by atoms with Gasteiger partial charge in [-0.05, 0) is 73.3 Å². The number of hydrogen-bond acceptors (Lipinski definition) is 6. The van der Waals surface area contributed by atoms with Crippen molar-refractivity contribution in [2.45, 2.75) is 64.1 Å². The van der Waals surface area contributed by atoms with E-state index in [1.807, 2.05) is 13.0 Å². The summed E-state index contributed by atoms with van der Waals surface area (Å²) in [4.78, 5) is 12.4. The molecule has 0 aromatic rings. The smallest absolute Gasteiger partial charge is 0.190 e. The lowest BCUT2D eigenvalue weighted by molar-refractivity contribution is -0.181. The van der Waals surface area contributed by atoms with Crippen LogP contribution in [0.15, 0.2) is 22.9 Å². The van der Waals surface area contributed by atoms with Crippen molar-refractivity contribution in [1.29, 1.82) is 5.41 Å². The highest BCUT2D eigenvalue weighted by Gasteiger charge is 2.68. The fraction of sp³-hybridized carbons (Fsp3) is 0.727. The summed E-state index contributed by atoms with van der Waals surface area (Å²) in [6.45, 7) is 3.44. The molecule has 0 aliphatic heterocycles. The summed E-state index contributed by atoms with van der Waals surface area (Å²) in [6, 6.07) is 0. The molecule has 6 nitrogen and oxygen atoms in total. The van der Waals surface area contributed by atoms with Crippen LogP contribution in [0, 0.1) is 34.0 Å². The maximum atomic E-state index is 12.4. The summed E-state index contributed by atoms with van der Waals surface area (Å²) in [5.74, 6) is -0.181. The Morgan fingerprint density at radius 1 is 1.39 bits per heavy atom. The molecular weight excluding hydrogens is 356 g/mol. The van der Waals surface area contributed by atoms with Crippen LogP contribution in [0.3, 0.4) is 0 Å². The summed E-state index contributed by atoms with van der Waals surface area (Å²) in [5.41, 5.74) is 6.31. The highest BCUT2D eigenvalue weighted by Crippen LogP contribution is 2.67. The zero-order valence-corrected chi connectivity index (χ0v) is 16.7. The molecule has 0 heterocycles. The molecule has 0 bridgehead atoms. The lowest BCUT2D eigenvalue weighted by atomic mass is 9.45. The van der Waals surface area contributed by atoms with E-state index in [4.69, 9.17) is 11.1 Å². The molecule has 6 N–H and O–H groups in total. The zero-order valence-electron chi connectivity index (χ0n) is 16.7. The Morgan fingerprint density at radius 3 is 2.75 bits per heavy atom. The number of Topliss-reactive ketones (excluding diaryl/α,β-unsaturated/α-hetero) is 1. The van der Waals surface area contributed by atoms with Gasteiger partial charge in [0, 0.05) is 17.3 Å². The Labute approximate surface area is 166 Å². The van der Waals surface area contributed by atoms with Gasteiger partial charge in [0.2, 0.25) is 0 Å². The third kappa shape index (κ3) is 2.31. The first-order chi connectivity index (χ1) is 13.1. The molecule has 3 saturated carbocycles. The van der Waals surface area contributed by atoms with Crippen molar-refractivity contribution in [3.63, 3.8) is 0 Å². The average molecular weight is 389 g/mol. The van der Waals surface area contributed by atoms with Crippen molar-refractivity contribution in [3.8, 4) is 0 Å². The number of nitrogens with one attached hydrogen (secondary N) is 1. The molecule has 4 aliphatic carbocycles. The van der Waals surface area contributed by atoms with E-state index < -0.39 is 29.5 Å². The van der Waals surface area contributed by atoms with Gasteiger partial charge in [-0.3, -0.25) is 4.79 Å². The van der Waals surface area contributed by atoms with Crippen molar-refractivity contribution in [2.24, 2.45) is 34.3 Å². The number of carbonyl (C=O) groups is 1. The molecule has 0 amide bonds. The van der Waals surface area contributed by atoms with Crippen molar-refractivity contribution in [1.82, 2.24) is 0 Å². The van der Waals surface area contributed by atoms with E-state index in [2.05, 4.69) is 6.92 Å². The Morgan fingerprint density at radius 2 is 2.11 bits per heavy atom. The van der Waals surface area contributed by atoms with Crippen molar-refractivity contribution in [3.05, 3.63) is 22.9 Å². The number of nitrogens with two attached hydrogens (primary N) is 1. The number of fused-ring (bicyclic) bond motifs is 5. The van der Waals surface area contributed by atoms with Gasteiger partial charge in [0.1, 0.15) is 12.2 Å². The maximum Gasteiger partial charge on any atom is 0.190 e. The Hall–Kier alpha value is -1.50. The van der Waals surface area contributed by atoms with Gasteiger partial charge in [-0.15, -0.1) is 0 Å². The van der Waals surface area contributed by atoms with Crippen LogP contribution < -0.4 is 5.73 Å². The minimum absolute atomic E-state index is 0.0141. The van der Waals surface area contributed by atoms with Gasteiger partial charge in [-0.1, -0.05) is 19.4 Å². The van der Waals surface area contributed by atoms with E-state index in [0.29, 0.717) is 25.0 Å². The highest BCUT2D eigenvalue weighted by atomic mass is 16.3. The molecule has 6 unspecified atom stereocenters. The molecule has 3 fully saturated rings. The normalized spacial score (nSPS) is 47.7. The zero-order chi connectivity index (χ0) is 20.5. The van der Waals surface area contributed by atoms with Crippen LogP contribution in [0.1, 0.15) is 52.4 Å². The second-order valence-electron chi connectivity index (χ2n) is 9.89. The number of allylic oxidation sites excluding steroid dienone is 3. The minimum atomic E-state index is -1.56. The molecule has 154 valence electrons. The molecule has 7 atom stereocenters. The van der Waals surface area contributed by atoms with Gasteiger partial charge in [-0.25, -0.2) is 0 Å². The molecular formula is C22H32N2O4. The third-order valence-electron chi connectivity index (χ3n) is 8.86. The maximum absolute atomic E-state index is 12.4. The standard InChI is InChI=1S/C22H32N2O4/c1-20-8-12(10-23)16(24)7-13(20)3-4-14-15-5-6-22(28,18(27)11-25)21(15,2)9-17(26)19(14)20/h7,10,14-15,17,19,23,25-26,28H,3-6,8-9,11,24H2,1-2H3/t14?,15?,17?,19?,20?,21?,22-/m0/s1. The summed E-state index contributed by atoms with van der Waals surface area (Å²) < 4.78 is 0. The molecule has 0 radical (unpaired) electrons. The lowest BCUT2D eigenvalue weighted by Gasteiger charge is -2.60. The molecule has 0 spiro atoms. The van der Waals surface area contributed by atoms with Crippen LogP contribution in [-0.2, 0) is 4.79 Å². The molecule has 6 heteroatoms. The number of aliphatic hydroxyl groups is 3. The first-order valence-corrected chi connectivity index (χ1v) is 10.4. The quantitative estimate of drug-likeness (QED) is 0.470. The fourth-order valence-electron chi connectivity index (χ4n) is 7.45. The number of ketones is 1. The van der Waals surface area contributed by atoms with Crippen molar-refractivity contribution < 1.29 is 20.1 Å². The molecule has 0 aromatic carbocycles. The van der Waals surface area contributed by atoms with Gasteiger partial charge in [-0.2, -0.15) is 0 Å². The van der Waals surface area contributed by atoms with Crippen LogP contribution >= 0.6 is 0 Å². The first kappa shape index (κ1) is 19.8. The lowest BCUT2D eigenvalue weighted by Crippen LogP contribution is -2.62.